The Kier molecular flexibility index (Phi) is 3.40. The van der Waals surface area contributed by atoms with Crippen molar-refractivity contribution in [2.45, 2.75) is 18.9 Å². The Morgan fingerprint density at radius 1 is 1.61 bits per heavy atom. The second-order valence-corrected chi connectivity index (χ2v) is 4.04. The first-order valence-electron chi connectivity index (χ1n) is 5.53. The van der Waals surface area contributed by atoms with Crippen LogP contribution in [-0.2, 0) is 0 Å². The first-order valence-corrected chi connectivity index (χ1v) is 5.53. The molecule has 0 bridgehead atoms. The predicted octanol–water partition coefficient (Wildman–Crippen LogP) is 0.572. The van der Waals surface area contributed by atoms with E-state index in [1.165, 1.54) is 17.0 Å². The van der Waals surface area contributed by atoms with Crippen LogP contribution < -0.4 is 5.73 Å². The Hall–Kier alpha value is -2.18. The Bertz CT molecular complexity index is 474. The van der Waals surface area contributed by atoms with E-state index in [4.69, 9.17) is 10.9 Å². The monoisotopic (exact) mass is 252 g/mol. The maximum absolute atomic E-state index is 12.7. The molecule has 0 aliphatic carbocycles. The van der Waals surface area contributed by atoms with Gasteiger partial charge in [-0.1, -0.05) is 5.16 Å². The molecule has 6 nitrogen and oxygen atoms in total. The Morgan fingerprint density at radius 2 is 2.39 bits per heavy atom. The first kappa shape index (κ1) is 12.3. The molecular formula is C11H13FN4O2. The highest BCUT2D eigenvalue weighted by atomic mass is 19.1. The molecule has 7 heteroatoms. The largest absolute Gasteiger partial charge is 0.409 e. The minimum atomic E-state index is -0.499. The van der Waals surface area contributed by atoms with E-state index in [0.717, 1.165) is 12.6 Å². The lowest BCUT2D eigenvalue weighted by Gasteiger charge is -2.23. The SMILES string of the molecule is N/C(=N/O)C1CCCN1C(=O)c1ccc(F)cn1. The fourth-order valence-electron chi connectivity index (χ4n) is 2.03. The molecule has 2 rings (SSSR count). The summed E-state index contributed by atoms with van der Waals surface area (Å²) < 4.78 is 12.7. The van der Waals surface area contributed by atoms with Crippen LogP contribution in [0, 0.1) is 5.82 Å². The van der Waals surface area contributed by atoms with Gasteiger partial charge in [0, 0.05) is 6.54 Å². The van der Waals surface area contributed by atoms with Crippen molar-refractivity contribution in [2.24, 2.45) is 10.9 Å². The Labute approximate surface area is 103 Å². The van der Waals surface area contributed by atoms with E-state index in [1.807, 2.05) is 0 Å². The molecule has 0 radical (unpaired) electrons. The molecule has 1 aliphatic heterocycles. The van der Waals surface area contributed by atoms with E-state index in [2.05, 4.69) is 10.1 Å². The number of halogens is 1. The summed E-state index contributed by atoms with van der Waals surface area (Å²) in [7, 11) is 0. The van der Waals surface area contributed by atoms with Gasteiger partial charge in [-0.3, -0.25) is 4.79 Å². The molecule has 18 heavy (non-hydrogen) atoms. The smallest absolute Gasteiger partial charge is 0.273 e. The molecule has 0 saturated carbocycles. The molecule has 96 valence electrons. The fraction of sp³-hybridized carbons (Fsp3) is 0.364. The number of pyridine rings is 1. The van der Waals surface area contributed by atoms with Gasteiger partial charge in [0.2, 0.25) is 0 Å². The minimum Gasteiger partial charge on any atom is -0.409 e. The molecule has 1 unspecified atom stereocenters. The summed E-state index contributed by atoms with van der Waals surface area (Å²) in [5.74, 6) is -0.840. The van der Waals surface area contributed by atoms with Crippen molar-refractivity contribution in [3.8, 4) is 0 Å². The van der Waals surface area contributed by atoms with Gasteiger partial charge in [0.1, 0.15) is 11.5 Å². The van der Waals surface area contributed by atoms with Crippen LogP contribution in [0.1, 0.15) is 23.3 Å². The van der Waals surface area contributed by atoms with E-state index in [9.17, 15) is 9.18 Å². The standard InChI is InChI=1S/C11H13FN4O2/c12-7-3-4-8(14-6-7)11(17)16-5-1-2-9(16)10(13)15-18/h3-4,6,9,18H,1-2,5H2,(H2,13,15). The van der Waals surface area contributed by atoms with Gasteiger partial charge in [-0.2, -0.15) is 0 Å². The molecule has 1 aromatic heterocycles. The van der Waals surface area contributed by atoms with E-state index < -0.39 is 11.9 Å². The molecule has 0 aromatic carbocycles. The predicted molar refractivity (Wildman–Crippen MR) is 61.7 cm³/mol. The van der Waals surface area contributed by atoms with Crippen LogP contribution in [0.5, 0.6) is 0 Å². The zero-order valence-corrected chi connectivity index (χ0v) is 9.58. The maximum Gasteiger partial charge on any atom is 0.273 e. The number of amides is 1. The Balaban J connectivity index is 2.20. The van der Waals surface area contributed by atoms with Gasteiger partial charge in [-0.15, -0.1) is 0 Å². The third kappa shape index (κ3) is 2.24. The first-order chi connectivity index (χ1) is 8.63. The van der Waals surface area contributed by atoms with Crippen molar-refractivity contribution in [1.29, 1.82) is 0 Å². The molecule has 1 fully saturated rings. The number of carbonyl (C=O) groups is 1. The number of oxime groups is 1. The van der Waals surface area contributed by atoms with Crippen LogP contribution in [0.4, 0.5) is 4.39 Å². The van der Waals surface area contributed by atoms with Crippen LogP contribution in [0.2, 0.25) is 0 Å². The number of aromatic nitrogens is 1. The number of likely N-dealkylation sites (tertiary alicyclic amines) is 1. The summed E-state index contributed by atoms with van der Waals surface area (Å²) >= 11 is 0. The number of amidine groups is 1. The number of carbonyl (C=O) groups excluding carboxylic acids is 1. The summed E-state index contributed by atoms with van der Waals surface area (Å²) in [6.45, 7) is 0.513. The molecule has 0 spiro atoms. The molecule has 1 aromatic rings. The number of hydrogen-bond acceptors (Lipinski definition) is 4. The summed E-state index contributed by atoms with van der Waals surface area (Å²) in [5.41, 5.74) is 5.68. The summed E-state index contributed by atoms with van der Waals surface area (Å²) in [4.78, 5) is 17.4. The molecule has 3 N–H and O–H groups in total. The minimum absolute atomic E-state index is 0.00274. The van der Waals surface area contributed by atoms with E-state index in [-0.39, 0.29) is 17.4 Å². The summed E-state index contributed by atoms with van der Waals surface area (Å²) in [6, 6.07) is 2.07. The van der Waals surface area contributed by atoms with E-state index >= 15 is 0 Å². The Morgan fingerprint density at radius 3 is 3.00 bits per heavy atom. The van der Waals surface area contributed by atoms with Crippen LogP contribution in [0.15, 0.2) is 23.5 Å². The van der Waals surface area contributed by atoms with Crippen LogP contribution in [-0.4, -0.2) is 39.4 Å². The van der Waals surface area contributed by atoms with Crippen molar-refractivity contribution in [2.75, 3.05) is 6.54 Å². The van der Waals surface area contributed by atoms with Gasteiger partial charge in [0.25, 0.3) is 5.91 Å². The lowest BCUT2D eigenvalue weighted by atomic mass is 10.2. The zero-order chi connectivity index (χ0) is 13.1. The summed E-state index contributed by atoms with van der Waals surface area (Å²) in [5, 5.41) is 11.6. The molecule has 1 saturated heterocycles. The highest BCUT2D eigenvalue weighted by molar-refractivity contribution is 5.97. The molecule has 1 amide bonds. The normalized spacial score (nSPS) is 20.2. The van der Waals surface area contributed by atoms with Gasteiger partial charge in [0.05, 0.1) is 12.2 Å². The van der Waals surface area contributed by atoms with Crippen LogP contribution in [0.25, 0.3) is 0 Å². The van der Waals surface area contributed by atoms with Crippen molar-refractivity contribution < 1.29 is 14.4 Å². The average molecular weight is 252 g/mol. The third-order valence-electron chi connectivity index (χ3n) is 2.92. The fourth-order valence-corrected chi connectivity index (χ4v) is 2.03. The van der Waals surface area contributed by atoms with Gasteiger partial charge >= 0.3 is 0 Å². The second kappa shape index (κ2) is 4.99. The molecular weight excluding hydrogens is 239 g/mol. The zero-order valence-electron chi connectivity index (χ0n) is 9.58. The van der Waals surface area contributed by atoms with Gasteiger partial charge in [-0.05, 0) is 25.0 Å². The highest BCUT2D eigenvalue weighted by Gasteiger charge is 2.32. The van der Waals surface area contributed by atoms with Gasteiger partial charge in [0.15, 0.2) is 5.84 Å². The number of rotatable bonds is 2. The maximum atomic E-state index is 12.7. The summed E-state index contributed by atoms with van der Waals surface area (Å²) in [6.07, 6.45) is 2.40. The number of nitrogens with two attached hydrogens (primary N) is 1. The van der Waals surface area contributed by atoms with Crippen molar-refractivity contribution in [1.82, 2.24) is 9.88 Å². The molecule has 1 atom stereocenters. The molecule has 2 heterocycles. The van der Waals surface area contributed by atoms with Crippen LogP contribution >= 0.6 is 0 Å². The number of nitrogens with zero attached hydrogens (tertiary/aromatic N) is 3. The van der Waals surface area contributed by atoms with Crippen molar-refractivity contribution in [3.05, 3.63) is 29.8 Å². The second-order valence-electron chi connectivity index (χ2n) is 4.04. The van der Waals surface area contributed by atoms with Gasteiger partial charge < -0.3 is 15.8 Å². The van der Waals surface area contributed by atoms with E-state index in [1.54, 1.807) is 0 Å². The third-order valence-corrected chi connectivity index (χ3v) is 2.92. The highest BCUT2D eigenvalue weighted by Crippen LogP contribution is 2.19. The molecule has 1 aliphatic rings. The van der Waals surface area contributed by atoms with Crippen LogP contribution in [0.3, 0.4) is 0 Å². The average Bonchev–Trinajstić information content (AvgIpc) is 2.87. The van der Waals surface area contributed by atoms with E-state index in [0.29, 0.717) is 13.0 Å². The van der Waals surface area contributed by atoms with Crippen molar-refractivity contribution in [3.63, 3.8) is 0 Å². The number of hydrogen-bond donors (Lipinski definition) is 2. The lowest BCUT2D eigenvalue weighted by molar-refractivity contribution is 0.0762. The van der Waals surface area contributed by atoms with Crippen molar-refractivity contribution >= 4 is 11.7 Å². The quantitative estimate of drug-likeness (QED) is 0.348. The van der Waals surface area contributed by atoms with Gasteiger partial charge in [-0.25, -0.2) is 9.37 Å². The topological polar surface area (TPSA) is 91.8 Å². The lowest BCUT2D eigenvalue weighted by Crippen LogP contribution is -2.44.